The maximum atomic E-state index is 11.9. The summed E-state index contributed by atoms with van der Waals surface area (Å²) in [4.78, 5) is 17.0. The van der Waals surface area contributed by atoms with Crippen LogP contribution in [0.2, 0.25) is 0 Å². The lowest BCUT2D eigenvalue weighted by atomic mass is 9.79. The van der Waals surface area contributed by atoms with Gasteiger partial charge in [0.2, 0.25) is 0 Å². The first-order valence-corrected chi connectivity index (χ1v) is 8.74. The second-order valence-corrected chi connectivity index (χ2v) is 6.23. The maximum Gasteiger partial charge on any atom is 0.179 e. The third-order valence-electron chi connectivity index (χ3n) is 4.60. The second-order valence-electron chi connectivity index (χ2n) is 6.23. The van der Waals surface area contributed by atoms with Crippen LogP contribution in [0, 0.1) is 0 Å². The van der Waals surface area contributed by atoms with Crippen molar-refractivity contribution < 1.29 is 9.53 Å². The van der Waals surface area contributed by atoms with Gasteiger partial charge in [0.1, 0.15) is 11.3 Å². The predicted octanol–water partition coefficient (Wildman–Crippen LogP) is 4.37. The van der Waals surface area contributed by atoms with E-state index in [0.29, 0.717) is 12.4 Å². The zero-order valence-corrected chi connectivity index (χ0v) is 14.6. The lowest BCUT2D eigenvalue weighted by Gasteiger charge is -2.34. The molecule has 0 saturated heterocycles. The predicted molar refractivity (Wildman–Crippen MR) is 103 cm³/mol. The molecule has 2 aromatic rings. The van der Waals surface area contributed by atoms with E-state index in [1.165, 1.54) is 0 Å². The van der Waals surface area contributed by atoms with Crippen molar-refractivity contribution in [2.24, 2.45) is 4.99 Å². The minimum atomic E-state index is -0.690. The summed E-state index contributed by atoms with van der Waals surface area (Å²) in [6, 6.07) is 20.3. The van der Waals surface area contributed by atoms with E-state index in [9.17, 15) is 4.79 Å². The zero-order valence-electron chi connectivity index (χ0n) is 14.6. The van der Waals surface area contributed by atoms with Crippen LogP contribution in [0.25, 0.3) is 0 Å². The Kier molecular flexibility index (Phi) is 4.13. The number of hydrogen-bond acceptors (Lipinski definition) is 3. The molecule has 0 bridgehead atoms. The Morgan fingerprint density at radius 3 is 2.12 bits per heavy atom. The Labute approximate surface area is 153 Å². The van der Waals surface area contributed by atoms with E-state index >= 15 is 0 Å². The van der Waals surface area contributed by atoms with E-state index in [4.69, 9.17) is 9.73 Å². The lowest BCUT2D eigenvalue weighted by Crippen LogP contribution is -2.31. The molecule has 3 nitrogen and oxygen atoms in total. The molecule has 2 aliphatic rings. The summed E-state index contributed by atoms with van der Waals surface area (Å²) in [5, 5.41) is 0. The van der Waals surface area contributed by atoms with Crippen molar-refractivity contribution in [2.45, 2.75) is 12.5 Å². The normalized spacial score (nSPS) is 17.7. The number of nitrogens with zero attached hydrogens (tertiary/aromatic N) is 1. The van der Waals surface area contributed by atoms with Crippen LogP contribution >= 0.6 is 0 Å². The van der Waals surface area contributed by atoms with E-state index < -0.39 is 5.54 Å². The van der Waals surface area contributed by atoms with Gasteiger partial charge in [-0.05, 0) is 42.4 Å². The molecule has 1 aliphatic carbocycles. The molecule has 1 aliphatic heterocycles. The van der Waals surface area contributed by atoms with E-state index in [1.807, 2.05) is 49.4 Å². The number of carbonyl (C=O) groups excluding carboxylic acids is 1. The molecule has 0 atom stereocenters. The second kappa shape index (κ2) is 6.60. The molecule has 2 aromatic carbocycles. The van der Waals surface area contributed by atoms with Gasteiger partial charge >= 0.3 is 0 Å². The Morgan fingerprint density at radius 2 is 1.54 bits per heavy atom. The molecular weight excluding hydrogens is 322 g/mol. The number of dihydropyridines is 1. The van der Waals surface area contributed by atoms with Gasteiger partial charge in [0.05, 0.1) is 12.3 Å². The number of benzene rings is 2. The van der Waals surface area contributed by atoms with Gasteiger partial charge in [0.25, 0.3) is 0 Å². The Morgan fingerprint density at radius 1 is 0.923 bits per heavy atom. The molecule has 3 heteroatoms. The number of fused-ring (bicyclic) bond motifs is 1. The molecular formula is C23H19NO2. The number of rotatable bonds is 4. The Bertz CT molecular complexity index is 911. The van der Waals surface area contributed by atoms with E-state index in [0.717, 1.165) is 22.4 Å². The smallest absolute Gasteiger partial charge is 0.179 e. The van der Waals surface area contributed by atoms with Crippen molar-refractivity contribution >= 4 is 11.5 Å². The summed E-state index contributed by atoms with van der Waals surface area (Å²) in [5.74, 6) is 0.652. The average molecular weight is 341 g/mol. The molecule has 1 heterocycles. The molecule has 0 N–H and O–H groups in total. The van der Waals surface area contributed by atoms with Crippen LogP contribution in [-0.4, -0.2) is 18.1 Å². The van der Waals surface area contributed by atoms with Gasteiger partial charge in [-0.3, -0.25) is 9.79 Å². The Balaban J connectivity index is 2.00. The van der Waals surface area contributed by atoms with Crippen LogP contribution < -0.4 is 0 Å². The highest BCUT2D eigenvalue weighted by Crippen LogP contribution is 2.41. The van der Waals surface area contributed by atoms with E-state index in [-0.39, 0.29) is 5.78 Å². The van der Waals surface area contributed by atoms with Gasteiger partial charge in [-0.2, -0.15) is 0 Å². The third kappa shape index (κ3) is 2.72. The highest BCUT2D eigenvalue weighted by atomic mass is 16.5. The maximum absolute atomic E-state index is 11.9. The number of ether oxygens (including phenoxy) is 1. The third-order valence-corrected chi connectivity index (χ3v) is 4.60. The van der Waals surface area contributed by atoms with Crippen LogP contribution in [0.15, 0.2) is 101 Å². The molecule has 0 fully saturated rings. The van der Waals surface area contributed by atoms with Gasteiger partial charge in [-0.25, -0.2) is 0 Å². The fraction of sp³-hybridized carbons (Fsp3) is 0.130. The van der Waals surface area contributed by atoms with Crippen molar-refractivity contribution in [3.8, 4) is 0 Å². The highest BCUT2D eigenvalue weighted by molar-refractivity contribution is 6.22. The lowest BCUT2D eigenvalue weighted by molar-refractivity contribution is -0.110. The van der Waals surface area contributed by atoms with Crippen LogP contribution in [0.4, 0.5) is 0 Å². The largest absolute Gasteiger partial charge is 0.493 e. The van der Waals surface area contributed by atoms with Gasteiger partial charge in [0.15, 0.2) is 5.78 Å². The summed E-state index contributed by atoms with van der Waals surface area (Å²) in [6.07, 6.45) is 6.96. The minimum absolute atomic E-state index is 0.0449. The van der Waals surface area contributed by atoms with E-state index in [1.54, 1.807) is 18.2 Å². The first kappa shape index (κ1) is 16.3. The number of ketones is 1. The van der Waals surface area contributed by atoms with Gasteiger partial charge in [-0.15, -0.1) is 0 Å². The zero-order chi connectivity index (χ0) is 18.0. The molecule has 0 aromatic heterocycles. The van der Waals surface area contributed by atoms with Gasteiger partial charge in [0, 0.05) is 5.57 Å². The van der Waals surface area contributed by atoms with Gasteiger partial charge in [-0.1, -0.05) is 60.7 Å². The molecule has 0 saturated carbocycles. The molecule has 0 radical (unpaired) electrons. The standard InChI is InChI=1S/C23H19NO2/c1-2-26-22-16-23(17-9-5-3-6-10-17,18-11-7-4-8-12-18)24-21-14-13-19(25)15-20(21)22/h3-16H,2H2,1H3. The summed E-state index contributed by atoms with van der Waals surface area (Å²) >= 11 is 0. The number of carbonyl (C=O) groups is 1. The topological polar surface area (TPSA) is 38.7 Å². The molecule has 128 valence electrons. The van der Waals surface area contributed by atoms with Crippen molar-refractivity contribution in [3.63, 3.8) is 0 Å². The van der Waals surface area contributed by atoms with Crippen LogP contribution in [0.1, 0.15) is 18.1 Å². The molecule has 4 rings (SSSR count). The Hall–Kier alpha value is -3.20. The average Bonchev–Trinajstić information content (AvgIpc) is 2.70. The number of allylic oxidation sites excluding steroid dienone is 4. The molecule has 0 unspecified atom stereocenters. The van der Waals surface area contributed by atoms with E-state index in [2.05, 4.69) is 24.3 Å². The summed E-state index contributed by atoms with van der Waals surface area (Å²) in [7, 11) is 0. The van der Waals surface area contributed by atoms with Crippen molar-refractivity contribution in [2.75, 3.05) is 6.61 Å². The van der Waals surface area contributed by atoms with Crippen LogP contribution in [0.5, 0.6) is 0 Å². The summed E-state index contributed by atoms with van der Waals surface area (Å²) in [5.41, 5.74) is 2.94. The molecule has 0 amide bonds. The fourth-order valence-corrected chi connectivity index (χ4v) is 3.42. The van der Waals surface area contributed by atoms with Gasteiger partial charge < -0.3 is 4.74 Å². The first-order chi connectivity index (χ1) is 12.7. The monoisotopic (exact) mass is 341 g/mol. The first-order valence-electron chi connectivity index (χ1n) is 8.74. The highest BCUT2D eigenvalue weighted by Gasteiger charge is 2.38. The fourth-order valence-electron chi connectivity index (χ4n) is 3.42. The summed E-state index contributed by atoms with van der Waals surface area (Å²) < 4.78 is 5.92. The number of aliphatic imine (C=N–C) groups is 1. The minimum Gasteiger partial charge on any atom is -0.493 e. The van der Waals surface area contributed by atoms with Crippen molar-refractivity contribution in [3.05, 3.63) is 107 Å². The van der Waals surface area contributed by atoms with Crippen molar-refractivity contribution in [1.82, 2.24) is 0 Å². The molecule has 0 spiro atoms. The number of hydrogen-bond donors (Lipinski definition) is 0. The van der Waals surface area contributed by atoms with Crippen LogP contribution in [0.3, 0.4) is 0 Å². The molecule has 26 heavy (non-hydrogen) atoms. The van der Waals surface area contributed by atoms with Crippen molar-refractivity contribution in [1.29, 1.82) is 0 Å². The summed E-state index contributed by atoms with van der Waals surface area (Å²) in [6.45, 7) is 2.47. The SMILES string of the molecule is CCOC1=CC(c2ccccc2)(c2ccccc2)N=C2C=CC(=O)C=C12. The quantitative estimate of drug-likeness (QED) is 0.775. The van der Waals surface area contributed by atoms with Crippen LogP contribution in [-0.2, 0) is 15.1 Å².